The van der Waals surface area contributed by atoms with E-state index in [4.69, 9.17) is 0 Å². The predicted molar refractivity (Wildman–Crippen MR) is 80.2 cm³/mol. The highest BCUT2D eigenvalue weighted by molar-refractivity contribution is 9.10. The summed E-state index contributed by atoms with van der Waals surface area (Å²) in [5.41, 5.74) is 1.95. The van der Waals surface area contributed by atoms with Gasteiger partial charge in [0.15, 0.2) is 0 Å². The lowest BCUT2D eigenvalue weighted by molar-refractivity contribution is -0.129. The molecule has 0 spiro atoms. The van der Waals surface area contributed by atoms with Crippen molar-refractivity contribution < 1.29 is 4.79 Å². The third-order valence-electron chi connectivity index (χ3n) is 4.46. The quantitative estimate of drug-likeness (QED) is 0.842. The summed E-state index contributed by atoms with van der Waals surface area (Å²) in [5.74, 6) is 0.374. The summed E-state index contributed by atoms with van der Waals surface area (Å²) in [4.78, 5) is 12.6. The Morgan fingerprint density at radius 1 is 1.37 bits per heavy atom. The molecule has 0 N–H and O–H groups in total. The SMILES string of the molecule is CCc1nn(C)c(CC(=O)C2(C)CCCCC2)c1Br. The van der Waals surface area contributed by atoms with Gasteiger partial charge in [0.2, 0.25) is 0 Å². The van der Waals surface area contributed by atoms with Gasteiger partial charge >= 0.3 is 0 Å². The van der Waals surface area contributed by atoms with Crippen molar-refractivity contribution in [3.05, 3.63) is 15.9 Å². The molecule has 1 heterocycles. The minimum atomic E-state index is -0.117. The van der Waals surface area contributed by atoms with Crippen LogP contribution >= 0.6 is 15.9 Å². The number of hydrogen-bond acceptors (Lipinski definition) is 2. The van der Waals surface area contributed by atoms with E-state index < -0.39 is 0 Å². The number of carbonyl (C=O) groups excluding carboxylic acids is 1. The molecule has 0 aliphatic heterocycles. The Morgan fingerprint density at radius 2 is 2.00 bits per heavy atom. The number of hydrogen-bond donors (Lipinski definition) is 0. The zero-order chi connectivity index (χ0) is 14.0. The van der Waals surface area contributed by atoms with Crippen LogP contribution < -0.4 is 0 Å². The van der Waals surface area contributed by atoms with E-state index in [1.807, 2.05) is 11.7 Å². The van der Waals surface area contributed by atoms with Crippen LogP contribution in [0.5, 0.6) is 0 Å². The molecule has 0 saturated heterocycles. The van der Waals surface area contributed by atoms with Crippen molar-refractivity contribution in [2.75, 3.05) is 0 Å². The maximum Gasteiger partial charge on any atom is 0.144 e. The van der Waals surface area contributed by atoms with Crippen LogP contribution in [-0.2, 0) is 24.7 Å². The molecule has 1 saturated carbocycles. The van der Waals surface area contributed by atoms with E-state index in [1.165, 1.54) is 19.3 Å². The first-order valence-corrected chi connectivity index (χ1v) is 8.01. The third-order valence-corrected chi connectivity index (χ3v) is 5.38. The van der Waals surface area contributed by atoms with Gasteiger partial charge in [-0.3, -0.25) is 9.48 Å². The molecule has 19 heavy (non-hydrogen) atoms. The monoisotopic (exact) mass is 326 g/mol. The Morgan fingerprint density at radius 3 is 2.53 bits per heavy atom. The third kappa shape index (κ3) is 2.93. The lowest BCUT2D eigenvalue weighted by atomic mass is 9.72. The fourth-order valence-corrected chi connectivity index (χ4v) is 3.74. The summed E-state index contributed by atoms with van der Waals surface area (Å²) in [6, 6.07) is 0. The minimum absolute atomic E-state index is 0.117. The van der Waals surface area contributed by atoms with Crippen LogP contribution in [0, 0.1) is 5.41 Å². The molecule has 1 fully saturated rings. The van der Waals surface area contributed by atoms with Gasteiger partial charge in [-0.05, 0) is 35.2 Å². The van der Waals surface area contributed by atoms with E-state index in [2.05, 4.69) is 34.9 Å². The van der Waals surface area contributed by atoms with Crippen molar-refractivity contribution in [3.63, 3.8) is 0 Å². The van der Waals surface area contributed by atoms with Crippen LogP contribution in [0.15, 0.2) is 4.47 Å². The van der Waals surface area contributed by atoms with Crippen molar-refractivity contribution >= 4 is 21.7 Å². The van der Waals surface area contributed by atoms with Gasteiger partial charge in [0.1, 0.15) is 5.78 Å². The number of aryl methyl sites for hydroxylation is 2. The predicted octanol–water partition coefficient (Wildman–Crippen LogP) is 3.83. The van der Waals surface area contributed by atoms with Gasteiger partial charge in [0, 0.05) is 12.5 Å². The molecule has 4 heteroatoms. The number of carbonyl (C=O) groups is 1. The standard InChI is InChI=1S/C15H23BrN2O/c1-4-11-14(16)12(18(3)17-11)10-13(19)15(2)8-6-5-7-9-15/h4-10H2,1-3H3. The van der Waals surface area contributed by atoms with E-state index in [9.17, 15) is 4.79 Å². The van der Waals surface area contributed by atoms with Gasteiger partial charge in [-0.15, -0.1) is 0 Å². The number of nitrogens with zero attached hydrogens (tertiary/aromatic N) is 2. The lowest BCUT2D eigenvalue weighted by Gasteiger charge is -2.32. The molecule has 1 aliphatic rings. The summed E-state index contributed by atoms with van der Waals surface area (Å²) >= 11 is 3.60. The Hall–Kier alpha value is -0.640. The van der Waals surface area contributed by atoms with Crippen LogP contribution in [0.2, 0.25) is 0 Å². The Kier molecular flexibility index (Phi) is 4.49. The first kappa shape index (κ1) is 14.8. The highest BCUT2D eigenvalue weighted by Crippen LogP contribution is 2.38. The van der Waals surface area contributed by atoms with Gasteiger partial charge < -0.3 is 0 Å². The van der Waals surface area contributed by atoms with Crippen LogP contribution in [0.3, 0.4) is 0 Å². The van der Waals surface area contributed by atoms with Gasteiger partial charge in [-0.25, -0.2) is 0 Å². The second kappa shape index (κ2) is 5.78. The molecule has 0 atom stereocenters. The molecule has 0 bridgehead atoms. The van der Waals surface area contributed by atoms with Gasteiger partial charge in [0.25, 0.3) is 0 Å². The number of Topliss-reactive ketones (excluding diaryl/α,β-unsaturated/α-hetero) is 1. The average molecular weight is 327 g/mol. The fourth-order valence-electron chi connectivity index (χ4n) is 2.99. The Bertz CT molecular complexity index is 473. The number of rotatable bonds is 4. The summed E-state index contributed by atoms with van der Waals surface area (Å²) in [5, 5.41) is 4.47. The van der Waals surface area contributed by atoms with E-state index in [1.54, 1.807) is 0 Å². The molecular formula is C15H23BrN2O. The first-order valence-electron chi connectivity index (χ1n) is 7.21. The maximum absolute atomic E-state index is 12.6. The van der Waals surface area contributed by atoms with Crippen LogP contribution in [0.4, 0.5) is 0 Å². The second-order valence-electron chi connectivity index (χ2n) is 5.91. The van der Waals surface area contributed by atoms with Crippen molar-refractivity contribution in [3.8, 4) is 0 Å². The summed E-state index contributed by atoms with van der Waals surface area (Å²) in [6.45, 7) is 4.22. The maximum atomic E-state index is 12.6. The van der Waals surface area contributed by atoms with Gasteiger partial charge in [-0.2, -0.15) is 5.10 Å². The van der Waals surface area contributed by atoms with Gasteiger partial charge in [0.05, 0.1) is 22.3 Å². The molecular weight excluding hydrogens is 304 g/mol. The molecule has 1 aromatic rings. The minimum Gasteiger partial charge on any atom is -0.299 e. The molecule has 1 aliphatic carbocycles. The summed E-state index contributed by atoms with van der Waals surface area (Å²) < 4.78 is 2.87. The molecule has 3 nitrogen and oxygen atoms in total. The topological polar surface area (TPSA) is 34.9 Å². The zero-order valence-corrected chi connectivity index (χ0v) is 13.7. The van der Waals surface area contributed by atoms with E-state index in [0.717, 1.165) is 35.1 Å². The van der Waals surface area contributed by atoms with Crippen molar-refractivity contribution in [1.82, 2.24) is 9.78 Å². The second-order valence-corrected chi connectivity index (χ2v) is 6.70. The number of ketones is 1. The molecule has 2 rings (SSSR count). The average Bonchev–Trinajstić information content (AvgIpc) is 2.67. The molecule has 0 radical (unpaired) electrons. The van der Waals surface area contributed by atoms with Crippen LogP contribution in [0.1, 0.15) is 57.3 Å². The highest BCUT2D eigenvalue weighted by atomic mass is 79.9. The van der Waals surface area contributed by atoms with Crippen molar-refractivity contribution in [2.45, 2.75) is 58.8 Å². The first-order chi connectivity index (χ1) is 8.98. The number of aromatic nitrogens is 2. The van der Waals surface area contributed by atoms with Crippen LogP contribution in [-0.4, -0.2) is 15.6 Å². The van der Waals surface area contributed by atoms with Crippen LogP contribution in [0.25, 0.3) is 0 Å². The van der Waals surface area contributed by atoms with Gasteiger partial charge in [-0.1, -0.05) is 33.1 Å². The van der Waals surface area contributed by atoms with Crippen molar-refractivity contribution in [2.24, 2.45) is 12.5 Å². The molecule has 1 aromatic heterocycles. The number of halogens is 1. The highest BCUT2D eigenvalue weighted by Gasteiger charge is 2.35. The molecule has 0 amide bonds. The Labute approximate surface area is 123 Å². The molecule has 0 unspecified atom stereocenters. The van der Waals surface area contributed by atoms with Crippen molar-refractivity contribution in [1.29, 1.82) is 0 Å². The Balaban J connectivity index is 2.16. The van der Waals surface area contributed by atoms with E-state index >= 15 is 0 Å². The molecule has 0 aromatic carbocycles. The fraction of sp³-hybridized carbons (Fsp3) is 0.733. The largest absolute Gasteiger partial charge is 0.299 e. The summed E-state index contributed by atoms with van der Waals surface area (Å²) in [7, 11) is 1.93. The normalized spacial score (nSPS) is 18.5. The molecule has 106 valence electrons. The van der Waals surface area contributed by atoms with E-state index in [-0.39, 0.29) is 5.41 Å². The van der Waals surface area contributed by atoms with E-state index in [0.29, 0.717) is 12.2 Å². The summed E-state index contributed by atoms with van der Waals surface area (Å²) in [6.07, 6.45) is 7.13. The smallest absolute Gasteiger partial charge is 0.144 e. The zero-order valence-electron chi connectivity index (χ0n) is 12.1. The lowest BCUT2D eigenvalue weighted by Crippen LogP contribution is -2.32.